The lowest BCUT2D eigenvalue weighted by molar-refractivity contribution is -0.121. The highest BCUT2D eigenvalue weighted by atomic mass is 32.1. The molecule has 0 radical (unpaired) electrons. The van der Waals surface area contributed by atoms with E-state index >= 15 is 0 Å². The molecule has 7 heteroatoms. The van der Waals surface area contributed by atoms with Crippen LogP contribution in [0.4, 0.5) is 0 Å². The number of hydrogen-bond donors (Lipinski definition) is 1. The zero-order valence-corrected chi connectivity index (χ0v) is 16.9. The third-order valence-corrected chi connectivity index (χ3v) is 7.29. The molecule has 0 bridgehead atoms. The molecule has 0 aromatic carbocycles. The van der Waals surface area contributed by atoms with Gasteiger partial charge in [0, 0.05) is 31.1 Å². The Morgan fingerprint density at radius 3 is 2.93 bits per heavy atom. The second-order valence-corrected chi connectivity index (χ2v) is 8.88. The van der Waals surface area contributed by atoms with Crippen LogP contribution in [0.2, 0.25) is 0 Å². The van der Waals surface area contributed by atoms with Crippen molar-refractivity contribution in [1.82, 2.24) is 15.1 Å². The number of carbonyl (C=O) groups is 2. The molecule has 148 valence electrons. The number of fused-ring (bicyclic) bond motifs is 2. The van der Waals surface area contributed by atoms with Gasteiger partial charge in [-0.25, -0.2) is 0 Å². The summed E-state index contributed by atoms with van der Waals surface area (Å²) in [5.74, 6) is -0.0738. The minimum absolute atomic E-state index is 0.00924. The van der Waals surface area contributed by atoms with Crippen molar-refractivity contribution in [2.75, 3.05) is 45.9 Å². The van der Waals surface area contributed by atoms with Crippen molar-refractivity contribution in [2.45, 2.75) is 44.6 Å². The van der Waals surface area contributed by atoms with Crippen molar-refractivity contribution >= 4 is 23.2 Å². The molecule has 0 unspecified atom stereocenters. The first-order chi connectivity index (χ1) is 13.1. The minimum Gasteiger partial charge on any atom is -0.369 e. The van der Waals surface area contributed by atoms with Gasteiger partial charge in [-0.2, -0.15) is 0 Å². The molecule has 2 saturated heterocycles. The number of nitrogens with one attached hydrogen (secondary N) is 1. The first kappa shape index (κ1) is 18.9. The number of nitrogens with zero attached hydrogens (tertiary/aromatic N) is 2. The molecule has 3 aliphatic heterocycles. The van der Waals surface area contributed by atoms with Crippen LogP contribution in [-0.4, -0.2) is 67.5 Å². The van der Waals surface area contributed by atoms with Crippen LogP contribution in [0.3, 0.4) is 0 Å². The SMILES string of the molecule is CCCN1CCC2(CC1)OCCc1cc(C(=O)N3CCCNC(=O)C3)sc12. The quantitative estimate of drug-likeness (QED) is 0.856. The molecule has 3 aliphatic rings. The van der Waals surface area contributed by atoms with Gasteiger partial charge in [0.15, 0.2) is 0 Å². The Kier molecular flexibility index (Phi) is 5.53. The van der Waals surface area contributed by atoms with E-state index in [1.807, 2.05) is 0 Å². The maximum Gasteiger partial charge on any atom is 0.264 e. The molecule has 2 amide bonds. The van der Waals surface area contributed by atoms with Gasteiger partial charge in [0.25, 0.3) is 5.91 Å². The summed E-state index contributed by atoms with van der Waals surface area (Å²) in [6.45, 7) is 7.66. The van der Waals surface area contributed by atoms with E-state index in [0.717, 1.165) is 56.8 Å². The van der Waals surface area contributed by atoms with Crippen LogP contribution >= 0.6 is 11.3 Å². The van der Waals surface area contributed by atoms with E-state index in [1.54, 1.807) is 16.2 Å². The second-order valence-electron chi connectivity index (χ2n) is 7.83. The van der Waals surface area contributed by atoms with E-state index in [-0.39, 0.29) is 24.0 Å². The lowest BCUT2D eigenvalue weighted by atomic mass is 9.85. The van der Waals surface area contributed by atoms with E-state index in [1.165, 1.54) is 16.9 Å². The Balaban J connectivity index is 1.54. The highest BCUT2D eigenvalue weighted by Gasteiger charge is 2.42. The predicted molar refractivity (Wildman–Crippen MR) is 105 cm³/mol. The third-order valence-electron chi connectivity index (χ3n) is 5.94. The fraction of sp³-hybridized carbons (Fsp3) is 0.700. The minimum atomic E-state index is -0.211. The highest BCUT2D eigenvalue weighted by molar-refractivity contribution is 7.14. The van der Waals surface area contributed by atoms with E-state index in [9.17, 15) is 9.59 Å². The van der Waals surface area contributed by atoms with Gasteiger partial charge in [-0.05, 0) is 50.3 Å². The molecule has 1 spiro atoms. The normalized spacial score (nSPS) is 23.0. The van der Waals surface area contributed by atoms with Crippen LogP contribution in [0, 0.1) is 0 Å². The average Bonchev–Trinajstić information content (AvgIpc) is 3.00. The summed E-state index contributed by atoms with van der Waals surface area (Å²) in [5.41, 5.74) is 1.06. The Morgan fingerprint density at radius 1 is 1.33 bits per heavy atom. The summed E-state index contributed by atoms with van der Waals surface area (Å²) in [6.07, 6.45) is 4.86. The number of rotatable bonds is 3. The van der Waals surface area contributed by atoms with Crippen LogP contribution in [0.25, 0.3) is 0 Å². The molecule has 1 aromatic heterocycles. The topological polar surface area (TPSA) is 61.9 Å². The van der Waals surface area contributed by atoms with E-state index in [4.69, 9.17) is 4.74 Å². The summed E-state index contributed by atoms with van der Waals surface area (Å²) in [4.78, 5) is 31.1. The molecule has 1 aromatic rings. The number of ether oxygens (including phenoxy) is 1. The molecule has 0 atom stereocenters. The standard InChI is InChI=1S/C20H29N3O3S/c1-2-8-22-10-5-20(6-11-22)18-15(4-12-26-20)13-16(27-18)19(25)23-9-3-7-21-17(24)14-23/h13H,2-12,14H2,1H3,(H,21,24). The molecule has 27 heavy (non-hydrogen) atoms. The molecule has 4 heterocycles. The monoisotopic (exact) mass is 391 g/mol. The number of carbonyl (C=O) groups excluding carboxylic acids is 2. The Morgan fingerprint density at radius 2 is 2.15 bits per heavy atom. The van der Waals surface area contributed by atoms with Gasteiger partial charge in [-0.15, -0.1) is 11.3 Å². The molecular weight excluding hydrogens is 362 g/mol. The summed E-state index contributed by atoms with van der Waals surface area (Å²) in [7, 11) is 0. The number of amides is 2. The first-order valence-electron chi connectivity index (χ1n) is 10.2. The van der Waals surface area contributed by atoms with Crippen LogP contribution in [0.15, 0.2) is 6.07 Å². The fourth-order valence-electron chi connectivity index (χ4n) is 4.49. The number of likely N-dealkylation sites (tertiary alicyclic amines) is 1. The lowest BCUT2D eigenvalue weighted by Gasteiger charge is -2.43. The maximum absolute atomic E-state index is 13.0. The van der Waals surface area contributed by atoms with Crippen molar-refractivity contribution in [3.8, 4) is 0 Å². The average molecular weight is 392 g/mol. The summed E-state index contributed by atoms with van der Waals surface area (Å²) in [6, 6.07) is 2.06. The Labute approximate surface area is 164 Å². The molecular formula is C20H29N3O3S. The second kappa shape index (κ2) is 7.89. The van der Waals surface area contributed by atoms with Gasteiger partial charge < -0.3 is 19.9 Å². The van der Waals surface area contributed by atoms with Gasteiger partial charge in [-0.3, -0.25) is 9.59 Å². The number of piperidine rings is 1. The van der Waals surface area contributed by atoms with Gasteiger partial charge in [-0.1, -0.05) is 6.92 Å². The van der Waals surface area contributed by atoms with E-state index in [0.29, 0.717) is 13.1 Å². The predicted octanol–water partition coefficient (Wildman–Crippen LogP) is 1.98. The molecule has 2 fully saturated rings. The van der Waals surface area contributed by atoms with Crippen molar-refractivity contribution in [1.29, 1.82) is 0 Å². The van der Waals surface area contributed by atoms with Crippen molar-refractivity contribution in [3.63, 3.8) is 0 Å². The van der Waals surface area contributed by atoms with E-state index in [2.05, 4.69) is 23.2 Å². The molecule has 6 nitrogen and oxygen atoms in total. The molecule has 1 N–H and O–H groups in total. The third kappa shape index (κ3) is 3.77. The zero-order chi connectivity index (χ0) is 18.9. The van der Waals surface area contributed by atoms with Gasteiger partial charge in [0.1, 0.15) is 5.60 Å². The van der Waals surface area contributed by atoms with Gasteiger partial charge in [0.05, 0.1) is 18.0 Å². The van der Waals surface area contributed by atoms with E-state index < -0.39 is 0 Å². The van der Waals surface area contributed by atoms with Crippen LogP contribution < -0.4 is 5.32 Å². The summed E-state index contributed by atoms with van der Waals surface area (Å²) in [5, 5.41) is 2.84. The van der Waals surface area contributed by atoms with Gasteiger partial charge >= 0.3 is 0 Å². The first-order valence-corrected chi connectivity index (χ1v) is 11.0. The van der Waals surface area contributed by atoms with Crippen LogP contribution in [0.5, 0.6) is 0 Å². The van der Waals surface area contributed by atoms with Crippen molar-refractivity contribution < 1.29 is 14.3 Å². The summed E-state index contributed by atoms with van der Waals surface area (Å²) >= 11 is 1.60. The van der Waals surface area contributed by atoms with Crippen LogP contribution in [0.1, 0.15) is 52.7 Å². The van der Waals surface area contributed by atoms with Crippen molar-refractivity contribution in [2.24, 2.45) is 0 Å². The van der Waals surface area contributed by atoms with Crippen LogP contribution in [-0.2, 0) is 21.6 Å². The Bertz CT molecular complexity index is 709. The maximum atomic E-state index is 13.0. The zero-order valence-electron chi connectivity index (χ0n) is 16.1. The Hall–Kier alpha value is -1.44. The highest BCUT2D eigenvalue weighted by Crippen LogP contribution is 2.45. The number of thiophene rings is 1. The number of hydrogen-bond acceptors (Lipinski definition) is 5. The smallest absolute Gasteiger partial charge is 0.264 e. The fourth-order valence-corrected chi connectivity index (χ4v) is 5.87. The molecule has 0 saturated carbocycles. The van der Waals surface area contributed by atoms with Gasteiger partial charge in [0.2, 0.25) is 5.91 Å². The van der Waals surface area contributed by atoms with Crippen molar-refractivity contribution in [3.05, 3.63) is 21.4 Å². The lowest BCUT2D eigenvalue weighted by Crippen LogP contribution is -2.46. The summed E-state index contributed by atoms with van der Waals surface area (Å²) < 4.78 is 6.33. The molecule has 4 rings (SSSR count). The largest absolute Gasteiger partial charge is 0.369 e. The molecule has 0 aliphatic carbocycles.